The molecule has 0 spiro atoms. The van der Waals surface area contributed by atoms with Crippen LogP contribution in [0.3, 0.4) is 0 Å². The molecule has 1 aromatic heterocycles. The van der Waals surface area contributed by atoms with Crippen LogP contribution in [0.1, 0.15) is 33.7 Å². The lowest BCUT2D eigenvalue weighted by molar-refractivity contribution is -0.138. The molecular weight excluding hydrogens is 439 g/mol. The van der Waals surface area contributed by atoms with Crippen LogP contribution in [-0.2, 0) is 28.9 Å². The predicted molar refractivity (Wildman–Crippen MR) is 114 cm³/mol. The molecule has 0 atom stereocenters. The smallest absolute Gasteiger partial charge is 0.416 e. The van der Waals surface area contributed by atoms with Crippen LogP contribution >= 0.6 is 0 Å². The second-order valence-corrected chi connectivity index (χ2v) is 7.14. The Hall–Kier alpha value is -3.75. The van der Waals surface area contributed by atoms with Gasteiger partial charge >= 0.3 is 12.1 Å². The summed E-state index contributed by atoms with van der Waals surface area (Å²) in [6, 6.07) is 9.73. The zero-order valence-electron chi connectivity index (χ0n) is 18.2. The van der Waals surface area contributed by atoms with Gasteiger partial charge in [-0.05, 0) is 55.3 Å². The summed E-state index contributed by atoms with van der Waals surface area (Å²) in [5.74, 6) is 0.947. The van der Waals surface area contributed by atoms with Crippen molar-refractivity contribution in [2.24, 2.45) is 0 Å². The van der Waals surface area contributed by atoms with Crippen LogP contribution < -0.4 is 9.47 Å². The number of rotatable bonds is 8. The highest BCUT2D eigenvalue weighted by Crippen LogP contribution is 2.31. The molecule has 0 aliphatic carbocycles. The highest BCUT2D eigenvalue weighted by molar-refractivity contribution is 5.87. The van der Waals surface area contributed by atoms with E-state index in [1.165, 1.54) is 31.4 Å². The Morgan fingerprint density at radius 1 is 1.09 bits per heavy atom. The van der Waals surface area contributed by atoms with Crippen molar-refractivity contribution in [3.05, 3.63) is 82.2 Å². The van der Waals surface area contributed by atoms with Gasteiger partial charge in [0, 0.05) is 6.08 Å². The summed E-state index contributed by atoms with van der Waals surface area (Å²) >= 11 is 0. The summed E-state index contributed by atoms with van der Waals surface area (Å²) in [6.45, 7) is 3.61. The molecule has 9 heteroatoms. The molecule has 6 nitrogen and oxygen atoms in total. The van der Waals surface area contributed by atoms with Crippen LogP contribution in [0.2, 0.25) is 0 Å². The molecular formula is C24H22F3NO5. The van der Waals surface area contributed by atoms with Crippen LogP contribution in [-0.4, -0.2) is 18.2 Å². The number of nitrogens with zero attached hydrogens (tertiary/aromatic N) is 1. The summed E-state index contributed by atoms with van der Waals surface area (Å²) in [5, 5.41) is 3.89. The molecule has 3 aromatic rings. The number of hydrogen-bond donors (Lipinski definition) is 0. The average molecular weight is 461 g/mol. The summed E-state index contributed by atoms with van der Waals surface area (Å²) in [5.41, 5.74) is 1.69. The Kier molecular flexibility index (Phi) is 7.42. The molecule has 174 valence electrons. The van der Waals surface area contributed by atoms with Crippen LogP contribution in [0.4, 0.5) is 13.2 Å². The van der Waals surface area contributed by atoms with Gasteiger partial charge in [0.15, 0.2) is 11.5 Å². The van der Waals surface area contributed by atoms with E-state index in [2.05, 4.69) is 5.16 Å². The van der Waals surface area contributed by atoms with Gasteiger partial charge in [-0.15, -0.1) is 0 Å². The normalized spacial score (nSPS) is 11.6. The van der Waals surface area contributed by atoms with E-state index in [0.717, 1.165) is 23.4 Å². The number of carbonyl (C=O) groups is 1. The summed E-state index contributed by atoms with van der Waals surface area (Å²) in [4.78, 5) is 12.0. The average Bonchev–Trinajstić information content (AvgIpc) is 3.11. The van der Waals surface area contributed by atoms with Gasteiger partial charge in [-0.25, -0.2) is 4.79 Å². The Morgan fingerprint density at radius 2 is 1.88 bits per heavy atom. The van der Waals surface area contributed by atoms with Crippen molar-refractivity contribution in [1.82, 2.24) is 5.16 Å². The number of methoxy groups -OCH3 is 1. The minimum Gasteiger partial charge on any atom is -0.493 e. The second-order valence-electron chi connectivity index (χ2n) is 7.14. The van der Waals surface area contributed by atoms with Crippen molar-refractivity contribution in [3.63, 3.8) is 0 Å². The zero-order chi connectivity index (χ0) is 24.0. The Bertz CT molecular complexity index is 1130. The zero-order valence-corrected chi connectivity index (χ0v) is 18.2. The molecule has 0 saturated heterocycles. The maximum Gasteiger partial charge on any atom is 0.416 e. The molecule has 0 radical (unpaired) electrons. The number of esters is 1. The molecule has 0 aliphatic heterocycles. The first-order valence-electron chi connectivity index (χ1n) is 9.91. The number of benzene rings is 2. The maximum absolute atomic E-state index is 12.8. The molecule has 0 amide bonds. The van der Waals surface area contributed by atoms with Crippen molar-refractivity contribution in [1.29, 1.82) is 0 Å². The van der Waals surface area contributed by atoms with E-state index in [4.69, 9.17) is 18.7 Å². The third kappa shape index (κ3) is 6.38. The molecule has 33 heavy (non-hydrogen) atoms. The third-order valence-corrected chi connectivity index (χ3v) is 4.79. The molecule has 0 N–H and O–H groups in total. The highest BCUT2D eigenvalue weighted by atomic mass is 19.4. The van der Waals surface area contributed by atoms with Gasteiger partial charge in [-0.2, -0.15) is 13.2 Å². The lowest BCUT2D eigenvalue weighted by Crippen LogP contribution is -2.06. The summed E-state index contributed by atoms with van der Waals surface area (Å²) in [7, 11) is 1.49. The number of carbonyl (C=O) groups excluding carboxylic acids is 1. The Morgan fingerprint density at radius 3 is 2.55 bits per heavy atom. The van der Waals surface area contributed by atoms with Gasteiger partial charge in [-0.3, -0.25) is 0 Å². The minimum atomic E-state index is -4.46. The van der Waals surface area contributed by atoms with Crippen LogP contribution in [0, 0.1) is 13.8 Å². The minimum absolute atomic E-state index is 0.244. The van der Waals surface area contributed by atoms with E-state index in [1.807, 2.05) is 6.92 Å². The Labute approximate surface area is 188 Å². The van der Waals surface area contributed by atoms with Crippen molar-refractivity contribution >= 4 is 12.0 Å². The monoisotopic (exact) mass is 461 g/mol. The van der Waals surface area contributed by atoms with Crippen molar-refractivity contribution in [2.45, 2.75) is 33.2 Å². The number of halogens is 3. The van der Waals surface area contributed by atoms with Gasteiger partial charge in [0.2, 0.25) is 0 Å². The number of hydrogen-bond acceptors (Lipinski definition) is 6. The topological polar surface area (TPSA) is 70.8 Å². The molecule has 0 unspecified atom stereocenters. The van der Waals surface area contributed by atoms with E-state index < -0.39 is 17.7 Å². The molecule has 0 saturated carbocycles. The number of alkyl halides is 3. The molecule has 0 fully saturated rings. The maximum atomic E-state index is 12.8. The highest BCUT2D eigenvalue weighted by Gasteiger charge is 2.30. The van der Waals surface area contributed by atoms with E-state index in [-0.39, 0.29) is 18.8 Å². The van der Waals surface area contributed by atoms with Crippen LogP contribution in [0.5, 0.6) is 11.5 Å². The fraction of sp³-hybridized carbons (Fsp3) is 0.250. The molecule has 2 aromatic carbocycles. The standard InChI is InChI=1S/C24H22F3NO5/c1-15-20(16(2)33-28-15)14-31-21-9-7-17(12-22(21)30-3)8-10-23(29)32-13-18-5-4-6-19(11-18)24(25,26)27/h4-12H,13-14H2,1-3H3/b10-8+. The van der Waals surface area contributed by atoms with Crippen molar-refractivity contribution in [3.8, 4) is 11.5 Å². The van der Waals surface area contributed by atoms with Gasteiger partial charge < -0.3 is 18.7 Å². The largest absolute Gasteiger partial charge is 0.493 e. The van der Waals surface area contributed by atoms with E-state index in [0.29, 0.717) is 22.8 Å². The first-order valence-corrected chi connectivity index (χ1v) is 9.91. The fourth-order valence-electron chi connectivity index (χ4n) is 2.97. The van der Waals surface area contributed by atoms with E-state index in [9.17, 15) is 18.0 Å². The molecule has 3 rings (SSSR count). The summed E-state index contributed by atoms with van der Waals surface area (Å²) < 4.78 is 59.7. The predicted octanol–water partition coefficient (Wildman–Crippen LogP) is 5.65. The quantitative estimate of drug-likeness (QED) is 0.319. The third-order valence-electron chi connectivity index (χ3n) is 4.79. The van der Waals surface area contributed by atoms with Gasteiger partial charge in [0.1, 0.15) is 19.0 Å². The molecule has 0 bridgehead atoms. The first-order chi connectivity index (χ1) is 15.7. The number of aryl methyl sites for hydroxylation is 2. The van der Waals surface area contributed by atoms with Crippen LogP contribution in [0.15, 0.2) is 53.1 Å². The Balaban J connectivity index is 1.59. The molecule has 0 aliphatic rings. The van der Waals surface area contributed by atoms with E-state index in [1.54, 1.807) is 25.1 Å². The van der Waals surface area contributed by atoms with Crippen LogP contribution in [0.25, 0.3) is 6.08 Å². The lowest BCUT2D eigenvalue weighted by Gasteiger charge is -2.11. The van der Waals surface area contributed by atoms with E-state index >= 15 is 0 Å². The van der Waals surface area contributed by atoms with Gasteiger partial charge in [0.25, 0.3) is 0 Å². The second kappa shape index (κ2) is 10.2. The number of ether oxygens (including phenoxy) is 3. The summed E-state index contributed by atoms with van der Waals surface area (Å²) in [6.07, 6.45) is -1.76. The van der Waals surface area contributed by atoms with Crippen molar-refractivity contribution < 1.29 is 36.7 Å². The SMILES string of the molecule is COc1cc(/C=C/C(=O)OCc2cccc(C(F)(F)F)c2)ccc1OCc1c(C)noc1C. The number of aromatic nitrogens is 1. The van der Waals surface area contributed by atoms with Gasteiger partial charge in [-0.1, -0.05) is 23.4 Å². The lowest BCUT2D eigenvalue weighted by atomic mass is 10.1. The molecule has 1 heterocycles. The fourth-order valence-corrected chi connectivity index (χ4v) is 2.97. The van der Waals surface area contributed by atoms with Gasteiger partial charge in [0.05, 0.1) is 23.9 Å². The first kappa shape index (κ1) is 23.9. The van der Waals surface area contributed by atoms with Crippen molar-refractivity contribution in [2.75, 3.05) is 7.11 Å².